The van der Waals surface area contributed by atoms with Crippen LogP contribution >= 0.6 is 0 Å². The van der Waals surface area contributed by atoms with Crippen molar-refractivity contribution >= 4 is 11.8 Å². The van der Waals surface area contributed by atoms with E-state index < -0.39 is 5.97 Å². The molecule has 1 aliphatic heterocycles. The average Bonchev–Trinajstić information content (AvgIpc) is 3.17. The van der Waals surface area contributed by atoms with Gasteiger partial charge < -0.3 is 15.3 Å². The first kappa shape index (κ1) is 26.9. The molecule has 0 aromatic carbocycles. The van der Waals surface area contributed by atoms with Crippen LogP contribution in [0, 0.1) is 0 Å². The van der Waals surface area contributed by atoms with Crippen LogP contribution in [0.1, 0.15) is 116 Å². The Morgan fingerprint density at radius 2 is 1.40 bits per heavy atom. The molecule has 30 heavy (non-hydrogen) atoms. The first-order chi connectivity index (χ1) is 14.7. The highest BCUT2D eigenvalue weighted by Crippen LogP contribution is 2.15. The van der Waals surface area contributed by atoms with Crippen molar-refractivity contribution in [3.05, 3.63) is 0 Å². The Hall–Kier alpha value is -1.10. The SMILES string of the molecule is CCCCCCCCCCCCCCCCCC1=NCCN1CCNCCC(=O)O. The van der Waals surface area contributed by atoms with Crippen molar-refractivity contribution < 1.29 is 9.90 Å². The first-order valence-electron chi connectivity index (χ1n) is 12.9. The van der Waals surface area contributed by atoms with Crippen molar-refractivity contribution in [1.82, 2.24) is 10.2 Å². The summed E-state index contributed by atoms with van der Waals surface area (Å²) < 4.78 is 0. The Morgan fingerprint density at radius 1 is 0.867 bits per heavy atom. The molecule has 176 valence electrons. The second-order valence-electron chi connectivity index (χ2n) is 8.88. The highest BCUT2D eigenvalue weighted by atomic mass is 16.4. The summed E-state index contributed by atoms with van der Waals surface area (Å²) in [6.45, 7) is 6.56. The molecule has 5 nitrogen and oxygen atoms in total. The second-order valence-corrected chi connectivity index (χ2v) is 8.88. The molecule has 0 amide bonds. The molecule has 0 spiro atoms. The summed E-state index contributed by atoms with van der Waals surface area (Å²) in [6.07, 6.45) is 22.3. The molecule has 0 fully saturated rings. The lowest BCUT2D eigenvalue weighted by Gasteiger charge is -2.20. The van der Waals surface area contributed by atoms with E-state index in [4.69, 9.17) is 5.11 Å². The topological polar surface area (TPSA) is 64.9 Å². The molecule has 0 bridgehead atoms. The lowest BCUT2D eigenvalue weighted by Crippen LogP contribution is -2.35. The third-order valence-electron chi connectivity index (χ3n) is 6.11. The van der Waals surface area contributed by atoms with Gasteiger partial charge in [0.05, 0.1) is 18.8 Å². The molecule has 0 radical (unpaired) electrons. The van der Waals surface area contributed by atoms with Gasteiger partial charge in [-0.15, -0.1) is 0 Å². The van der Waals surface area contributed by atoms with Crippen LogP contribution in [0.3, 0.4) is 0 Å². The minimum absolute atomic E-state index is 0.195. The number of hydrogen-bond acceptors (Lipinski definition) is 4. The van der Waals surface area contributed by atoms with Crippen molar-refractivity contribution in [2.45, 2.75) is 116 Å². The van der Waals surface area contributed by atoms with Gasteiger partial charge >= 0.3 is 5.97 Å². The standard InChI is InChI=1S/C25H49N3O2/c1-2-3-4-5-6-7-8-9-10-11-12-13-14-15-16-17-24-27-21-23-28(24)22-20-26-19-18-25(29)30/h26H,2-23H2,1H3,(H,29,30). The van der Waals surface area contributed by atoms with Gasteiger partial charge in [0.1, 0.15) is 0 Å². The van der Waals surface area contributed by atoms with Crippen molar-refractivity contribution in [3.8, 4) is 0 Å². The van der Waals surface area contributed by atoms with Gasteiger partial charge in [-0.2, -0.15) is 0 Å². The quantitative estimate of drug-likeness (QED) is 0.209. The Bertz CT molecular complexity index is 440. The van der Waals surface area contributed by atoms with Crippen LogP contribution in [0.2, 0.25) is 0 Å². The van der Waals surface area contributed by atoms with Gasteiger partial charge in [-0.05, 0) is 6.42 Å². The number of carbonyl (C=O) groups is 1. The predicted molar refractivity (Wildman–Crippen MR) is 129 cm³/mol. The number of unbranched alkanes of at least 4 members (excludes halogenated alkanes) is 14. The van der Waals surface area contributed by atoms with Gasteiger partial charge in [0.25, 0.3) is 0 Å². The average molecular weight is 424 g/mol. The van der Waals surface area contributed by atoms with E-state index in [1.807, 2.05) is 0 Å². The number of amidine groups is 1. The second kappa shape index (κ2) is 19.8. The summed E-state index contributed by atoms with van der Waals surface area (Å²) in [4.78, 5) is 17.6. The normalized spacial score (nSPS) is 13.8. The Kier molecular flexibility index (Phi) is 17.8. The van der Waals surface area contributed by atoms with Crippen LogP contribution in [0.25, 0.3) is 0 Å². The van der Waals surface area contributed by atoms with Crippen molar-refractivity contribution in [3.63, 3.8) is 0 Å². The molecule has 5 heteroatoms. The van der Waals surface area contributed by atoms with Gasteiger partial charge in [-0.25, -0.2) is 0 Å². The summed E-state index contributed by atoms with van der Waals surface area (Å²) >= 11 is 0. The highest BCUT2D eigenvalue weighted by molar-refractivity contribution is 5.83. The van der Waals surface area contributed by atoms with Gasteiger partial charge in [-0.1, -0.05) is 96.8 Å². The summed E-state index contributed by atoms with van der Waals surface area (Å²) in [5.41, 5.74) is 0. The molecule has 2 N–H and O–H groups in total. The highest BCUT2D eigenvalue weighted by Gasteiger charge is 2.15. The number of hydrogen-bond donors (Lipinski definition) is 2. The zero-order valence-electron chi connectivity index (χ0n) is 19.8. The zero-order valence-corrected chi connectivity index (χ0v) is 19.8. The third-order valence-corrected chi connectivity index (χ3v) is 6.11. The Morgan fingerprint density at radius 3 is 1.93 bits per heavy atom. The van der Waals surface area contributed by atoms with Gasteiger partial charge in [-0.3, -0.25) is 9.79 Å². The molecule has 1 heterocycles. The van der Waals surface area contributed by atoms with Crippen LogP contribution in [0.15, 0.2) is 4.99 Å². The van der Waals surface area contributed by atoms with Crippen LogP contribution in [-0.4, -0.2) is 54.5 Å². The molecular weight excluding hydrogens is 374 g/mol. The molecule has 0 unspecified atom stereocenters. The smallest absolute Gasteiger partial charge is 0.304 e. The molecule has 0 atom stereocenters. The monoisotopic (exact) mass is 423 g/mol. The molecule has 0 saturated heterocycles. The number of aliphatic carboxylic acids is 1. The fourth-order valence-electron chi connectivity index (χ4n) is 4.20. The number of carboxylic acid groups (broad SMARTS) is 1. The predicted octanol–water partition coefficient (Wildman–Crippen LogP) is 6.03. The third kappa shape index (κ3) is 15.7. The largest absolute Gasteiger partial charge is 0.481 e. The zero-order chi connectivity index (χ0) is 21.7. The summed E-state index contributed by atoms with van der Waals surface area (Å²) in [5, 5.41) is 11.9. The summed E-state index contributed by atoms with van der Waals surface area (Å²) in [6, 6.07) is 0. The van der Waals surface area contributed by atoms with E-state index in [9.17, 15) is 4.79 Å². The fourth-order valence-corrected chi connectivity index (χ4v) is 4.20. The van der Waals surface area contributed by atoms with Crippen molar-refractivity contribution in [2.75, 3.05) is 32.7 Å². The van der Waals surface area contributed by atoms with E-state index in [-0.39, 0.29) is 6.42 Å². The van der Waals surface area contributed by atoms with E-state index in [1.54, 1.807) is 0 Å². The number of aliphatic imine (C=N–C) groups is 1. The molecule has 1 rings (SSSR count). The maximum atomic E-state index is 10.5. The van der Waals surface area contributed by atoms with E-state index in [0.29, 0.717) is 6.54 Å². The number of nitrogens with zero attached hydrogens (tertiary/aromatic N) is 2. The maximum Gasteiger partial charge on any atom is 0.304 e. The molecule has 1 aliphatic rings. The first-order valence-corrected chi connectivity index (χ1v) is 12.9. The van der Waals surface area contributed by atoms with E-state index >= 15 is 0 Å². The van der Waals surface area contributed by atoms with Gasteiger partial charge in [0.2, 0.25) is 0 Å². The molecule has 0 aliphatic carbocycles. The van der Waals surface area contributed by atoms with Crippen LogP contribution in [0.5, 0.6) is 0 Å². The van der Waals surface area contributed by atoms with E-state index in [0.717, 1.165) is 32.6 Å². The van der Waals surface area contributed by atoms with E-state index in [2.05, 4.69) is 22.1 Å². The number of carboxylic acids is 1. The maximum absolute atomic E-state index is 10.5. The Balaban J connectivity index is 1.84. The Labute approximate surface area is 186 Å². The molecule has 0 saturated carbocycles. The van der Waals surface area contributed by atoms with Crippen molar-refractivity contribution in [2.24, 2.45) is 4.99 Å². The van der Waals surface area contributed by atoms with Gasteiger partial charge in [0.15, 0.2) is 0 Å². The van der Waals surface area contributed by atoms with Crippen molar-refractivity contribution in [1.29, 1.82) is 0 Å². The van der Waals surface area contributed by atoms with Crippen LogP contribution in [-0.2, 0) is 4.79 Å². The summed E-state index contributed by atoms with van der Waals surface area (Å²) in [5.74, 6) is 0.531. The molecule has 0 aromatic heterocycles. The minimum atomic E-state index is -0.737. The lowest BCUT2D eigenvalue weighted by atomic mass is 10.0. The molecule has 0 aromatic rings. The lowest BCUT2D eigenvalue weighted by molar-refractivity contribution is -0.136. The number of rotatable bonds is 22. The molecular formula is C25H49N3O2. The van der Waals surface area contributed by atoms with Crippen LogP contribution < -0.4 is 5.32 Å². The van der Waals surface area contributed by atoms with E-state index in [1.165, 1.54) is 102 Å². The minimum Gasteiger partial charge on any atom is -0.481 e. The number of nitrogens with one attached hydrogen (secondary N) is 1. The summed E-state index contributed by atoms with van der Waals surface area (Å²) in [7, 11) is 0. The van der Waals surface area contributed by atoms with Crippen LogP contribution in [0.4, 0.5) is 0 Å². The van der Waals surface area contributed by atoms with Gasteiger partial charge in [0, 0.05) is 32.6 Å². The fraction of sp³-hybridized carbons (Fsp3) is 0.920.